The van der Waals surface area contributed by atoms with Gasteiger partial charge in [0.25, 0.3) is 0 Å². The Morgan fingerprint density at radius 1 is 0.862 bits per heavy atom. The third kappa shape index (κ3) is 4.50. The molecule has 0 aromatic heterocycles. The van der Waals surface area contributed by atoms with E-state index in [0.717, 1.165) is 12.1 Å². The number of nitrogens with zero attached hydrogens (tertiary/aromatic N) is 3. The molecule has 0 spiro atoms. The third-order valence-corrected chi connectivity index (χ3v) is 5.63. The molecule has 0 atom stereocenters. The number of nitrogens with one attached hydrogen (secondary N) is 1. The van der Waals surface area contributed by atoms with Crippen molar-refractivity contribution in [1.29, 1.82) is 0 Å². The Labute approximate surface area is 169 Å². The second-order valence-electron chi connectivity index (χ2n) is 7.44. The van der Waals surface area contributed by atoms with Gasteiger partial charge in [-0.15, -0.1) is 0 Å². The van der Waals surface area contributed by atoms with Gasteiger partial charge in [-0.05, 0) is 41.8 Å². The van der Waals surface area contributed by atoms with Gasteiger partial charge in [0.1, 0.15) is 5.82 Å². The molecular weight excluding hydrogens is 371 g/mol. The number of fused-ring (bicyclic) bond motifs is 1. The van der Waals surface area contributed by atoms with Gasteiger partial charge in [0.15, 0.2) is 0 Å². The van der Waals surface area contributed by atoms with Crippen LogP contribution in [-0.4, -0.2) is 61.0 Å². The molecule has 0 saturated carbocycles. The lowest BCUT2D eigenvalue weighted by Crippen LogP contribution is -2.53. The first-order valence-electron chi connectivity index (χ1n) is 9.98. The van der Waals surface area contributed by atoms with Crippen molar-refractivity contribution < 1.29 is 14.0 Å². The summed E-state index contributed by atoms with van der Waals surface area (Å²) in [6, 6.07) is 14.3. The summed E-state index contributed by atoms with van der Waals surface area (Å²) >= 11 is 0. The van der Waals surface area contributed by atoms with Gasteiger partial charge in [0.05, 0.1) is 6.54 Å². The highest BCUT2D eigenvalue weighted by Crippen LogP contribution is 2.19. The Morgan fingerprint density at radius 2 is 1.55 bits per heavy atom. The molecule has 29 heavy (non-hydrogen) atoms. The van der Waals surface area contributed by atoms with E-state index >= 15 is 0 Å². The van der Waals surface area contributed by atoms with E-state index in [1.807, 2.05) is 18.2 Å². The van der Waals surface area contributed by atoms with Crippen molar-refractivity contribution in [3.05, 3.63) is 65.5 Å². The number of halogens is 1. The van der Waals surface area contributed by atoms with E-state index in [1.165, 1.54) is 23.3 Å². The number of anilines is 1. The fraction of sp³-hybridized carbons (Fsp3) is 0.364. The van der Waals surface area contributed by atoms with Crippen molar-refractivity contribution in [2.75, 3.05) is 44.2 Å². The van der Waals surface area contributed by atoms with Gasteiger partial charge in [-0.25, -0.2) is 9.18 Å². The highest BCUT2D eigenvalue weighted by Gasteiger charge is 2.24. The second kappa shape index (κ2) is 8.51. The molecule has 152 valence electrons. The molecule has 1 saturated heterocycles. The Morgan fingerprint density at radius 3 is 2.28 bits per heavy atom. The summed E-state index contributed by atoms with van der Waals surface area (Å²) in [5.74, 6) is -0.313. The van der Waals surface area contributed by atoms with Crippen LogP contribution in [-0.2, 0) is 17.8 Å². The molecule has 2 heterocycles. The zero-order valence-electron chi connectivity index (χ0n) is 16.3. The Bertz CT molecular complexity index is 879. The number of amides is 3. The summed E-state index contributed by atoms with van der Waals surface area (Å²) in [6.45, 7) is 3.78. The standard InChI is InChI=1S/C22H25FN4O2/c23-19-5-7-20(8-6-19)25-11-13-26(14-12-25)22(29)24-15-21(28)27-10-9-17-3-1-2-4-18(17)16-27/h1-8H,9-16H2,(H,24,29). The van der Waals surface area contributed by atoms with Crippen molar-refractivity contribution >= 4 is 17.6 Å². The van der Waals surface area contributed by atoms with Crippen LogP contribution in [0, 0.1) is 5.82 Å². The minimum atomic E-state index is -0.256. The molecule has 0 bridgehead atoms. The van der Waals surface area contributed by atoms with E-state index in [9.17, 15) is 14.0 Å². The molecule has 4 rings (SSSR count). The molecule has 0 aliphatic carbocycles. The zero-order valence-corrected chi connectivity index (χ0v) is 16.3. The summed E-state index contributed by atoms with van der Waals surface area (Å²) in [5.41, 5.74) is 3.42. The maximum atomic E-state index is 13.1. The van der Waals surface area contributed by atoms with Crippen molar-refractivity contribution in [3.63, 3.8) is 0 Å². The lowest BCUT2D eigenvalue weighted by Gasteiger charge is -2.36. The van der Waals surface area contributed by atoms with Crippen LogP contribution >= 0.6 is 0 Å². The summed E-state index contributed by atoms with van der Waals surface area (Å²) < 4.78 is 13.1. The molecule has 2 aliphatic heterocycles. The van der Waals surface area contributed by atoms with Crippen molar-refractivity contribution in [2.24, 2.45) is 0 Å². The molecule has 1 fully saturated rings. The van der Waals surface area contributed by atoms with E-state index in [2.05, 4.69) is 16.3 Å². The summed E-state index contributed by atoms with van der Waals surface area (Å²) in [6.07, 6.45) is 0.848. The number of urea groups is 1. The normalized spacial score (nSPS) is 16.4. The summed E-state index contributed by atoms with van der Waals surface area (Å²) in [5, 5.41) is 2.76. The Hall–Kier alpha value is -3.09. The fourth-order valence-electron chi connectivity index (χ4n) is 3.90. The van der Waals surface area contributed by atoms with Gasteiger partial charge < -0.3 is 20.0 Å². The topological polar surface area (TPSA) is 55.9 Å². The van der Waals surface area contributed by atoms with E-state index < -0.39 is 0 Å². The molecule has 2 aromatic carbocycles. The first kappa shape index (κ1) is 19.2. The number of carbonyl (C=O) groups is 2. The monoisotopic (exact) mass is 396 g/mol. The van der Waals surface area contributed by atoms with Crippen molar-refractivity contribution in [3.8, 4) is 0 Å². The van der Waals surface area contributed by atoms with Gasteiger partial charge in [0, 0.05) is 45.0 Å². The van der Waals surface area contributed by atoms with Crippen LogP contribution in [0.3, 0.4) is 0 Å². The van der Waals surface area contributed by atoms with E-state index in [-0.39, 0.29) is 24.3 Å². The van der Waals surface area contributed by atoms with Gasteiger partial charge in [-0.1, -0.05) is 24.3 Å². The molecule has 2 aliphatic rings. The van der Waals surface area contributed by atoms with E-state index in [4.69, 9.17) is 0 Å². The molecule has 0 radical (unpaired) electrons. The van der Waals surface area contributed by atoms with E-state index in [1.54, 1.807) is 21.9 Å². The largest absolute Gasteiger partial charge is 0.368 e. The number of hydrogen-bond acceptors (Lipinski definition) is 3. The van der Waals surface area contributed by atoms with Gasteiger partial charge >= 0.3 is 6.03 Å². The lowest BCUT2D eigenvalue weighted by molar-refractivity contribution is -0.131. The lowest BCUT2D eigenvalue weighted by atomic mass is 10.00. The molecule has 7 heteroatoms. The SMILES string of the molecule is O=C(CNC(=O)N1CCN(c2ccc(F)cc2)CC1)N1CCc2ccccc2C1. The number of rotatable bonds is 3. The van der Waals surface area contributed by atoms with Crippen LogP contribution in [0.5, 0.6) is 0 Å². The third-order valence-electron chi connectivity index (χ3n) is 5.63. The smallest absolute Gasteiger partial charge is 0.317 e. The molecule has 0 unspecified atom stereocenters. The van der Waals surface area contributed by atoms with Crippen LogP contribution in [0.25, 0.3) is 0 Å². The van der Waals surface area contributed by atoms with Gasteiger partial charge in [-0.3, -0.25) is 4.79 Å². The zero-order chi connectivity index (χ0) is 20.2. The first-order valence-corrected chi connectivity index (χ1v) is 9.98. The summed E-state index contributed by atoms with van der Waals surface area (Å²) in [7, 11) is 0. The molecule has 1 N–H and O–H groups in total. The Kier molecular flexibility index (Phi) is 5.64. The number of piperazine rings is 1. The maximum absolute atomic E-state index is 13.1. The minimum Gasteiger partial charge on any atom is -0.368 e. The quantitative estimate of drug-likeness (QED) is 0.866. The highest BCUT2D eigenvalue weighted by molar-refractivity contribution is 5.84. The van der Waals surface area contributed by atoms with Crippen LogP contribution in [0.15, 0.2) is 48.5 Å². The number of hydrogen-bond donors (Lipinski definition) is 1. The maximum Gasteiger partial charge on any atom is 0.317 e. The minimum absolute atomic E-state index is 0.0131. The predicted molar refractivity (Wildman–Crippen MR) is 109 cm³/mol. The number of carbonyl (C=O) groups excluding carboxylic acids is 2. The van der Waals surface area contributed by atoms with Crippen LogP contribution < -0.4 is 10.2 Å². The van der Waals surface area contributed by atoms with Gasteiger partial charge in [0.2, 0.25) is 5.91 Å². The second-order valence-corrected chi connectivity index (χ2v) is 7.44. The van der Waals surface area contributed by atoms with Crippen molar-refractivity contribution in [1.82, 2.24) is 15.1 Å². The van der Waals surface area contributed by atoms with E-state index in [0.29, 0.717) is 39.3 Å². The van der Waals surface area contributed by atoms with Gasteiger partial charge in [-0.2, -0.15) is 0 Å². The number of benzene rings is 2. The predicted octanol–water partition coefficient (Wildman–Crippen LogP) is 2.24. The highest BCUT2D eigenvalue weighted by atomic mass is 19.1. The average molecular weight is 396 g/mol. The van der Waals surface area contributed by atoms with Crippen LogP contribution in [0.4, 0.5) is 14.9 Å². The van der Waals surface area contributed by atoms with Crippen LogP contribution in [0.2, 0.25) is 0 Å². The van der Waals surface area contributed by atoms with Crippen molar-refractivity contribution in [2.45, 2.75) is 13.0 Å². The summed E-state index contributed by atoms with van der Waals surface area (Å²) in [4.78, 5) is 30.6. The molecule has 3 amide bonds. The average Bonchev–Trinajstić information content (AvgIpc) is 2.77. The molecule has 6 nitrogen and oxygen atoms in total. The molecular formula is C22H25FN4O2. The fourth-order valence-corrected chi connectivity index (χ4v) is 3.90. The van der Waals surface area contributed by atoms with Crippen LogP contribution in [0.1, 0.15) is 11.1 Å². The first-order chi connectivity index (χ1) is 14.1. The Balaban J connectivity index is 1.23. The molecule has 2 aromatic rings.